The van der Waals surface area contributed by atoms with E-state index in [1.165, 1.54) is 0 Å². The molecule has 1 aromatic carbocycles. The smallest absolute Gasteiger partial charge is 0.333 e. The molecule has 0 radical (unpaired) electrons. The molecule has 0 spiro atoms. The number of rotatable bonds is 3. The molecule has 13 heavy (non-hydrogen) atoms. The maximum atomic E-state index is 10.6. The predicted octanol–water partition coefficient (Wildman–Crippen LogP) is 2.17. The first-order valence-electron chi connectivity index (χ1n) is 3.59. The molecule has 1 N–H and O–H groups in total. The van der Waals surface area contributed by atoms with E-state index in [-0.39, 0.29) is 0 Å². The van der Waals surface area contributed by atoms with Gasteiger partial charge < -0.3 is 5.11 Å². The molecule has 3 nitrogen and oxygen atoms in total. The Kier molecular flexibility index (Phi) is 3.03. The largest absolute Gasteiger partial charge is 0.479 e. The van der Waals surface area contributed by atoms with Crippen LogP contribution in [0.4, 0.5) is 0 Å². The van der Waals surface area contributed by atoms with Gasteiger partial charge in [0.15, 0.2) is 6.04 Å². The lowest BCUT2D eigenvalue weighted by Crippen LogP contribution is -2.08. The summed E-state index contributed by atoms with van der Waals surface area (Å²) in [4.78, 5) is 14.1. The Bertz CT molecular complexity index is 321. The zero-order valence-electron chi connectivity index (χ0n) is 6.77. The lowest BCUT2D eigenvalue weighted by atomic mass is 10.1. The number of carboxylic acid groups (broad SMARTS) is 1. The van der Waals surface area contributed by atoms with E-state index in [9.17, 15) is 4.79 Å². The van der Waals surface area contributed by atoms with Gasteiger partial charge >= 0.3 is 5.97 Å². The minimum Gasteiger partial charge on any atom is -0.479 e. The molecule has 0 fully saturated rings. The normalized spacial score (nSPS) is 12.1. The van der Waals surface area contributed by atoms with Crippen LogP contribution in [-0.4, -0.2) is 17.8 Å². The minimum absolute atomic E-state index is 0.567. The molecule has 0 aliphatic heterocycles. The van der Waals surface area contributed by atoms with Crippen LogP contribution in [0.25, 0.3) is 0 Å². The number of benzene rings is 1. The van der Waals surface area contributed by atoms with Gasteiger partial charge in [-0.1, -0.05) is 23.7 Å². The van der Waals surface area contributed by atoms with Crippen molar-refractivity contribution in [2.45, 2.75) is 6.04 Å². The third kappa shape index (κ3) is 2.29. The summed E-state index contributed by atoms with van der Waals surface area (Å²) in [5, 5.41) is 9.30. The molecule has 1 rings (SSSR count). The number of hydrogen-bond donors (Lipinski definition) is 1. The molecule has 0 bridgehead atoms. The van der Waals surface area contributed by atoms with E-state index < -0.39 is 12.0 Å². The quantitative estimate of drug-likeness (QED) is 0.755. The summed E-state index contributed by atoms with van der Waals surface area (Å²) in [5.41, 5.74) is 0.576. The van der Waals surface area contributed by atoms with Gasteiger partial charge in [0.25, 0.3) is 0 Å². The van der Waals surface area contributed by atoms with Crippen molar-refractivity contribution in [3.05, 3.63) is 34.9 Å². The maximum absolute atomic E-state index is 10.6. The fourth-order valence-corrected chi connectivity index (χ4v) is 1.10. The Morgan fingerprint density at radius 1 is 1.46 bits per heavy atom. The highest BCUT2D eigenvalue weighted by molar-refractivity contribution is 6.30. The van der Waals surface area contributed by atoms with Crippen LogP contribution in [0.15, 0.2) is 29.3 Å². The number of hydrogen-bond acceptors (Lipinski definition) is 2. The lowest BCUT2D eigenvalue weighted by Gasteiger charge is -2.06. The zero-order chi connectivity index (χ0) is 9.84. The summed E-state index contributed by atoms with van der Waals surface area (Å²) in [6.07, 6.45) is 0. The van der Waals surface area contributed by atoms with Gasteiger partial charge in [0.2, 0.25) is 0 Å². The summed E-state index contributed by atoms with van der Waals surface area (Å²) >= 11 is 5.65. The molecule has 4 heteroatoms. The van der Waals surface area contributed by atoms with Crippen molar-refractivity contribution in [1.82, 2.24) is 0 Å². The Labute approximate surface area is 80.7 Å². The average molecular weight is 198 g/mol. The number of carbonyl (C=O) groups is 1. The topological polar surface area (TPSA) is 49.7 Å². The van der Waals surface area contributed by atoms with E-state index in [1.54, 1.807) is 24.3 Å². The highest BCUT2D eigenvalue weighted by atomic mass is 35.5. The SMILES string of the molecule is C=NC(C(=O)O)c1ccc(Cl)cc1. The molecule has 1 atom stereocenters. The number of aliphatic imine (C=N–C) groups is 1. The van der Waals surface area contributed by atoms with Crippen molar-refractivity contribution in [1.29, 1.82) is 0 Å². The van der Waals surface area contributed by atoms with Crippen molar-refractivity contribution in [2.24, 2.45) is 4.99 Å². The molecule has 0 saturated carbocycles. The first-order valence-corrected chi connectivity index (χ1v) is 3.97. The molecule has 68 valence electrons. The predicted molar refractivity (Wildman–Crippen MR) is 51.4 cm³/mol. The molecule has 0 heterocycles. The van der Waals surface area contributed by atoms with Crippen molar-refractivity contribution >= 4 is 24.3 Å². The number of aliphatic carboxylic acids is 1. The molecule has 0 aliphatic carbocycles. The van der Waals surface area contributed by atoms with E-state index >= 15 is 0 Å². The van der Waals surface area contributed by atoms with Crippen molar-refractivity contribution in [2.75, 3.05) is 0 Å². The summed E-state index contributed by atoms with van der Waals surface area (Å²) < 4.78 is 0. The maximum Gasteiger partial charge on any atom is 0.333 e. The highest BCUT2D eigenvalue weighted by Gasteiger charge is 2.16. The van der Waals surface area contributed by atoms with Crippen LogP contribution in [0.5, 0.6) is 0 Å². The van der Waals surface area contributed by atoms with E-state index in [1.807, 2.05) is 0 Å². The molecule has 0 saturated heterocycles. The first-order chi connectivity index (χ1) is 6.15. The summed E-state index contributed by atoms with van der Waals surface area (Å²) in [7, 11) is 0. The van der Waals surface area contributed by atoms with Crippen molar-refractivity contribution in [3.8, 4) is 0 Å². The van der Waals surface area contributed by atoms with Crippen LogP contribution in [-0.2, 0) is 4.79 Å². The first kappa shape index (κ1) is 9.74. The summed E-state index contributed by atoms with van der Waals surface area (Å²) in [6.45, 7) is 3.22. The summed E-state index contributed by atoms with van der Waals surface area (Å²) in [5.74, 6) is -1.02. The van der Waals surface area contributed by atoms with Gasteiger partial charge in [-0.3, -0.25) is 4.99 Å². The molecule has 0 aromatic heterocycles. The van der Waals surface area contributed by atoms with Gasteiger partial charge in [-0.05, 0) is 24.4 Å². The molecular weight excluding hydrogens is 190 g/mol. The van der Waals surface area contributed by atoms with Crippen LogP contribution >= 0.6 is 11.6 Å². The Hall–Kier alpha value is -1.35. The number of halogens is 1. The number of carboxylic acids is 1. The highest BCUT2D eigenvalue weighted by Crippen LogP contribution is 2.19. The van der Waals surface area contributed by atoms with Crippen LogP contribution in [0.3, 0.4) is 0 Å². The van der Waals surface area contributed by atoms with Crippen LogP contribution in [0.1, 0.15) is 11.6 Å². The average Bonchev–Trinajstić information content (AvgIpc) is 2.09. The van der Waals surface area contributed by atoms with Gasteiger partial charge in [-0.15, -0.1) is 0 Å². The van der Waals surface area contributed by atoms with Gasteiger partial charge in [0, 0.05) is 5.02 Å². The fourth-order valence-electron chi connectivity index (χ4n) is 0.971. The monoisotopic (exact) mass is 197 g/mol. The minimum atomic E-state index is -1.02. The van der Waals surface area contributed by atoms with Crippen LogP contribution in [0.2, 0.25) is 5.02 Å². The van der Waals surface area contributed by atoms with E-state index in [0.29, 0.717) is 10.6 Å². The standard InChI is InChI=1S/C9H8ClNO2/c1-11-8(9(12)13)6-2-4-7(10)5-3-6/h2-5,8H,1H2,(H,12,13). The second-order valence-electron chi connectivity index (χ2n) is 2.47. The Morgan fingerprint density at radius 3 is 2.38 bits per heavy atom. The van der Waals surface area contributed by atoms with E-state index in [0.717, 1.165) is 0 Å². The third-order valence-corrected chi connectivity index (χ3v) is 1.85. The molecule has 1 unspecified atom stereocenters. The third-order valence-electron chi connectivity index (χ3n) is 1.60. The Balaban J connectivity index is 2.99. The van der Waals surface area contributed by atoms with E-state index in [4.69, 9.17) is 16.7 Å². The molecule has 1 aromatic rings. The van der Waals surface area contributed by atoms with Gasteiger partial charge in [-0.25, -0.2) is 4.79 Å². The summed E-state index contributed by atoms with van der Waals surface area (Å²) in [6, 6.07) is 5.58. The Morgan fingerprint density at radius 2 is 2.00 bits per heavy atom. The van der Waals surface area contributed by atoms with Crippen LogP contribution < -0.4 is 0 Å². The van der Waals surface area contributed by atoms with Crippen molar-refractivity contribution in [3.63, 3.8) is 0 Å². The van der Waals surface area contributed by atoms with Crippen LogP contribution in [0, 0.1) is 0 Å². The second-order valence-corrected chi connectivity index (χ2v) is 2.91. The molecule has 0 aliphatic rings. The van der Waals surface area contributed by atoms with E-state index in [2.05, 4.69) is 11.7 Å². The number of nitrogens with zero attached hydrogens (tertiary/aromatic N) is 1. The van der Waals surface area contributed by atoms with Gasteiger partial charge in [0.1, 0.15) is 0 Å². The van der Waals surface area contributed by atoms with Gasteiger partial charge in [0.05, 0.1) is 0 Å². The van der Waals surface area contributed by atoms with Crippen molar-refractivity contribution < 1.29 is 9.90 Å². The second kappa shape index (κ2) is 4.05. The zero-order valence-corrected chi connectivity index (χ0v) is 7.53. The molecular formula is C9H8ClNO2. The molecule has 0 amide bonds. The fraction of sp³-hybridized carbons (Fsp3) is 0.111. The lowest BCUT2D eigenvalue weighted by molar-refractivity contribution is -0.138. The van der Waals surface area contributed by atoms with Gasteiger partial charge in [-0.2, -0.15) is 0 Å².